The molecule has 0 aliphatic heterocycles. The SMILES string of the molecule is CN=C(NCc1cc(Br)cs1)NCc1sccc1C. The number of thiophene rings is 2. The maximum absolute atomic E-state index is 4.23. The standard InChI is InChI=1S/C13H16BrN3S2/c1-9-3-4-18-12(9)7-17-13(15-2)16-6-11-5-10(14)8-19-11/h3-5,8H,6-7H2,1-2H3,(H2,15,16,17). The van der Waals surface area contributed by atoms with Crippen LogP contribution in [0.4, 0.5) is 0 Å². The van der Waals surface area contributed by atoms with Crippen molar-refractivity contribution in [2.24, 2.45) is 4.99 Å². The monoisotopic (exact) mass is 357 g/mol. The van der Waals surface area contributed by atoms with Gasteiger partial charge in [0.15, 0.2) is 5.96 Å². The van der Waals surface area contributed by atoms with Gasteiger partial charge in [0.1, 0.15) is 0 Å². The zero-order chi connectivity index (χ0) is 13.7. The van der Waals surface area contributed by atoms with Gasteiger partial charge in [-0.05, 0) is 45.9 Å². The molecular formula is C13H16BrN3S2. The second-order valence-electron chi connectivity index (χ2n) is 4.04. The average Bonchev–Trinajstić information content (AvgIpc) is 2.99. The van der Waals surface area contributed by atoms with Gasteiger partial charge in [-0.25, -0.2) is 0 Å². The van der Waals surface area contributed by atoms with Crippen LogP contribution in [0.2, 0.25) is 0 Å². The van der Waals surface area contributed by atoms with E-state index in [1.165, 1.54) is 15.3 Å². The Hall–Kier alpha value is -0.850. The van der Waals surface area contributed by atoms with E-state index in [-0.39, 0.29) is 0 Å². The second-order valence-corrected chi connectivity index (χ2v) is 6.95. The zero-order valence-corrected chi connectivity index (χ0v) is 14.1. The Bertz CT molecular complexity index is 560. The molecule has 0 saturated heterocycles. The summed E-state index contributed by atoms with van der Waals surface area (Å²) in [5.41, 5.74) is 1.33. The van der Waals surface area contributed by atoms with Crippen LogP contribution in [0.5, 0.6) is 0 Å². The molecule has 3 nitrogen and oxygen atoms in total. The molecular weight excluding hydrogens is 342 g/mol. The minimum absolute atomic E-state index is 0.791. The highest BCUT2D eigenvalue weighted by Gasteiger charge is 2.03. The lowest BCUT2D eigenvalue weighted by molar-refractivity contribution is 0.820. The summed E-state index contributed by atoms with van der Waals surface area (Å²) in [5.74, 6) is 0.831. The fraction of sp³-hybridized carbons (Fsp3) is 0.308. The van der Waals surface area contributed by atoms with E-state index in [1.807, 2.05) is 0 Å². The molecule has 0 unspecified atom stereocenters. The van der Waals surface area contributed by atoms with Crippen LogP contribution in [0.3, 0.4) is 0 Å². The van der Waals surface area contributed by atoms with Gasteiger partial charge in [-0.15, -0.1) is 22.7 Å². The average molecular weight is 358 g/mol. The molecule has 6 heteroatoms. The Kier molecular flexibility index (Phi) is 5.42. The molecule has 0 bridgehead atoms. The highest BCUT2D eigenvalue weighted by atomic mass is 79.9. The largest absolute Gasteiger partial charge is 0.352 e. The number of aryl methyl sites for hydroxylation is 1. The number of aliphatic imine (C=N–C) groups is 1. The first kappa shape index (κ1) is 14.6. The Morgan fingerprint density at radius 1 is 1.32 bits per heavy atom. The summed E-state index contributed by atoms with van der Waals surface area (Å²) in [5, 5.41) is 10.8. The summed E-state index contributed by atoms with van der Waals surface area (Å²) >= 11 is 6.96. The first-order valence-corrected chi connectivity index (χ1v) is 8.44. The van der Waals surface area contributed by atoms with Crippen molar-refractivity contribution in [2.75, 3.05) is 7.05 Å². The van der Waals surface area contributed by atoms with Gasteiger partial charge in [0.25, 0.3) is 0 Å². The van der Waals surface area contributed by atoms with Crippen LogP contribution in [0.25, 0.3) is 0 Å². The lowest BCUT2D eigenvalue weighted by Gasteiger charge is -2.10. The normalized spacial score (nSPS) is 11.6. The van der Waals surface area contributed by atoms with Crippen molar-refractivity contribution in [3.63, 3.8) is 0 Å². The minimum Gasteiger partial charge on any atom is -0.352 e. The van der Waals surface area contributed by atoms with Crippen LogP contribution in [0, 0.1) is 6.92 Å². The summed E-state index contributed by atoms with van der Waals surface area (Å²) in [7, 11) is 1.79. The Balaban J connectivity index is 1.82. The molecule has 102 valence electrons. The number of hydrogen-bond donors (Lipinski definition) is 2. The number of hydrogen-bond acceptors (Lipinski definition) is 3. The van der Waals surface area contributed by atoms with E-state index in [2.05, 4.69) is 61.4 Å². The van der Waals surface area contributed by atoms with E-state index in [0.29, 0.717) is 0 Å². The highest BCUT2D eigenvalue weighted by Crippen LogP contribution is 2.19. The molecule has 0 aliphatic carbocycles. The van der Waals surface area contributed by atoms with Gasteiger partial charge in [-0.3, -0.25) is 4.99 Å². The maximum atomic E-state index is 4.23. The molecule has 0 spiro atoms. The molecule has 0 saturated carbocycles. The third-order valence-electron chi connectivity index (χ3n) is 2.66. The van der Waals surface area contributed by atoms with Gasteiger partial charge in [0.05, 0.1) is 13.1 Å². The Morgan fingerprint density at radius 2 is 2.11 bits per heavy atom. The lowest BCUT2D eigenvalue weighted by Crippen LogP contribution is -2.36. The summed E-state index contributed by atoms with van der Waals surface area (Å²) in [6, 6.07) is 4.26. The van der Waals surface area contributed by atoms with Crippen molar-refractivity contribution < 1.29 is 0 Å². The fourth-order valence-corrected chi connectivity index (χ4v) is 3.82. The third-order valence-corrected chi connectivity index (χ3v) is 5.38. The summed E-state index contributed by atoms with van der Waals surface area (Å²) in [6.07, 6.45) is 0. The Labute approximate surface area is 129 Å². The molecule has 0 aliphatic rings. The molecule has 0 aromatic carbocycles. The molecule has 0 fully saturated rings. The van der Waals surface area contributed by atoms with E-state index < -0.39 is 0 Å². The van der Waals surface area contributed by atoms with Crippen LogP contribution >= 0.6 is 38.6 Å². The van der Waals surface area contributed by atoms with Gasteiger partial charge in [-0.1, -0.05) is 0 Å². The molecule has 2 N–H and O–H groups in total. The van der Waals surface area contributed by atoms with Crippen LogP contribution in [-0.4, -0.2) is 13.0 Å². The fourth-order valence-electron chi connectivity index (χ4n) is 1.59. The third kappa shape index (κ3) is 4.33. The van der Waals surface area contributed by atoms with Crippen LogP contribution in [0.15, 0.2) is 32.4 Å². The quantitative estimate of drug-likeness (QED) is 0.645. The second kappa shape index (κ2) is 7.07. The number of nitrogens with one attached hydrogen (secondary N) is 2. The molecule has 0 atom stereocenters. The van der Waals surface area contributed by atoms with Gasteiger partial charge < -0.3 is 10.6 Å². The first-order chi connectivity index (χ1) is 9.19. The molecule has 0 amide bonds. The molecule has 19 heavy (non-hydrogen) atoms. The predicted octanol–water partition coefficient (Wildman–Crippen LogP) is 3.75. The van der Waals surface area contributed by atoms with Crippen molar-refractivity contribution in [1.29, 1.82) is 0 Å². The number of nitrogens with zero attached hydrogens (tertiary/aromatic N) is 1. The van der Waals surface area contributed by atoms with E-state index in [1.54, 1.807) is 29.7 Å². The highest BCUT2D eigenvalue weighted by molar-refractivity contribution is 9.10. The van der Waals surface area contributed by atoms with Crippen LogP contribution in [0.1, 0.15) is 15.3 Å². The van der Waals surface area contributed by atoms with Crippen LogP contribution in [-0.2, 0) is 13.1 Å². The van der Waals surface area contributed by atoms with Crippen molar-refractivity contribution in [2.45, 2.75) is 20.0 Å². The number of halogens is 1. The van der Waals surface area contributed by atoms with E-state index in [4.69, 9.17) is 0 Å². The van der Waals surface area contributed by atoms with E-state index >= 15 is 0 Å². The maximum Gasteiger partial charge on any atom is 0.191 e. The molecule has 2 aromatic rings. The van der Waals surface area contributed by atoms with Gasteiger partial charge >= 0.3 is 0 Å². The molecule has 2 rings (SSSR count). The van der Waals surface area contributed by atoms with Crippen molar-refractivity contribution in [3.05, 3.63) is 42.7 Å². The van der Waals surface area contributed by atoms with Crippen LogP contribution < -0.4 is 10.6 Å². The lowest BCUT2D eigenvalue weighted by atomic mass is 10.3. The van der Waals surface area contributed by atoms with Gasteiger partial charge in [0.2, 0.25) is 0 Å². The topological polar surface area (TPSA) is 36.4 Å². The van der Waals surface area contributed by atoms with E-state index in [9.17, 15) is 0 Å². The summed E-state index contributed by atoms with van der Waals surface area (Å²) in [4.78, 5) is 6.86. The number of rotatable bonds is 4. The van der Waals surface area contributed by atoms with Crippen molar-refractivity contribution in [3.8, 4) is 0 Å². The molecule has 2 aromatic heterocycles. The first-order valence-electron chi connectivity index (χ1n) is 5.89. The summed E-state index contributed by atoms with van der Waals surface area (Å²) < 4.78 is 1.13. The van der Waals surface area contributed by atoms with Crippen molar-refractivity contribution in [1.82, 2.24) is 10.6 Å². The summed E-state index contributed by atoms with van der Waals surface area (Å²) in [6.45, 7) is 3.74. The minimum atomic E-state index is 0.791. The predicted molar refractivity (Wildman–Crippen MR) is 88.1 cm³/mol. The zero-order valence-electron chi connectivity index (χ0n) is 10.9. The number of guanidine groups is 1. The van der Waals surface area contributed by atoms with Gasteiger partial charge in [0, 0.05) is 26.7 Å². The van der Waals surface area contributed by atoms with E-state index in [0.717, 1.165) is 23.5 Å². The molecule has 0 radical (unpaired) electrons. The van der Waals surface area contributed by atoms with Gasteiger partial charge in [-0.2, -0.15) is 0 Å². The smallest absolute Gasteiger partial charge is 0.191 e. The molecule has 2 heterocycles. The Morgan fingerprint density at radius 3 is 2.68 bits per heavy atom. The van der Waals surface area contributed by atoms with Crippen molar-refractivity contribution >= 4 is 44.6 Å².